The maximum atomic E-state index is 11.0. The minimum Gasteiger partial charge on any atom is -0.388 e. The summed E-state index contributed by atoms with van der Waals surface area (Å²) in [6, 6.07) is 10.8. The summed E-state index contributed by atoms with van der Waals surface area (Å²) in [5.41, 5.74) is 0.625. The van der Waals surface area contributed by atoms with Crippen LogP contribution in [0.4, 0.5) is 0 Å². The highest BCUT2D eigenvalue weighted by Gasteiger charge is 2.38. The predicted octanol–water partition coefficient (Wildman–Crippen LogP) is 3.42. The summed E-state index contributed by atoms with van der Waals surface area (Å²) < 4.78 is 0. The number of hydrogen-bond acceptors (Lipinski definition) is 2. The van der Waals surface area contributed by atoms with Gasteiger partial charge in [0, 0.05) is 6.04 Å². The summed E-state index contributed by atoms with van der Waals surface area (Å²) in [5, 5.41) is 14.5. The molecule has 0 radical (unpaired) electrons. The Morgan fingerprint density at radius 1 is 1.06 bits per heavy atom. The summed E-state index contributed by atoms with van der Waals surface area (Å²) in [4.78, 5) is 0. The third-order valence-corrected chi connectivity index (χ3v) is 3.89. The largest absolute Gasteiger partial charge is 0.388 e. The fraction of sp³-hybridized carbons (Fsp3) is 0.625. The molecule has 2 N–H and O–H groups in total. The fourth-order valence-corrected chi connectivity index (χ4v) is 2.99. The molecule has 1 atom stereocenters. The van der Waals surface area contributed by atoms with Gasteiger partial charge in [-0.3, -0.25) is 0 Å². The molecule has 2 heteroatoms. The van der Waals surface area contributed by atoms with Crippen LogP contribution in [-0.4, -0.2) is 16.7 Å². The standard InChI is InChI=1S/C16H25NO/c1-13(2)17-15(14-9-5-3-6-10-14)16(18)11-7-4-8-12-16/h3,5-6,9-10,13,15,17-18H,4,7-8,11-12H2,1-2H3. The van der Waals surface area contributed by atoms with E-state index >= 15 is 0 Å². The molecule has 0 heterocycles. The molecule has 1 aliphatic rings. The molecule has 100 valence electrons. The molecule has 1 fully saturated rings. The van der Waals surface area contributed by atoms with Crippen molar-refractivity contribution in [3.05, 3.63) is 35.9 Å². The number of hydrogen-bond donors (Lipinski definition) is 2. The monoisotopic (exact) mass is 247 g/mol. The van der Waals surface area contributed by atoms with E-state index < -0.39 is 5.60 Å². The van der Waals surface area contributed by atoms with Crippen LogP contribution in [0.15, 0.2) is 30.3 Å². The maximum Gasteiger partial charge on any atom is 0.0841 e. The summed E-state index contributed by atoms with van der Waals surface area (Å²) in [5.74, 6) is 0. The number of benzene rings is 1. The average molecular weight is 247 g/mol. The van der Waals surface area contributed by atoms with Crippen LogP contribution in [0.1, 0.15) is 57.6 Å². The Morgan fingerprint density at radius 3 is 2.22 bits per heavy atom. The zero-order valence-electron chi connectivity index (χ0n) is 11.5. The van der Waals surface area contributed by atoms with Crippen molar-refractivity contribution < 1.29 is 5.11 Å². The Labute approximate surface area is 110 Å². The second kappa shape index (κ2) is 5.85. The third kappa shape index (κ3) is 3.12. The molecule has 2 rings (SSSR count). The first kappa shape index (κ1) is 13.6. The van der Waals surface area contributed by atoms with Crippen LogP contribution in [0.3, 0.4) is 0 Å². The van der Waals surface area contributed by atoms with E-state index in [4.69, 9.17) is 0 Å². The minimum atomic E-state index is -0.579. The molecule has 0 aliphatic heterocycles. The molecular weight excluding hydrogens is 222 g/mol. The number of nitrogens with one attached hydrogen (secondary N) is 1. The van der Waals surface area contributed by atoms with Gasteiger partial charge >= 0.3 is 0 Å². The van der Waals surface area contributed by atoms with Gasteiger partial charge in [0.25, 0.3) is 0 Å². The Bertz CT molecular complexity index is 355. The average Bonchev–Trinajstić information content (AvgIpc) is 2.37. The van der Waals surface area contributed by atoms with Gasteiger partial charge in [-0.1, -0.05) is 63.4 Å². The Morgan fingerprint density at radius 2 is 1.67 bits per heavy atom. The first-order chi connectivity index (χ1) is 8.62. The Balaban J connectivity index is 2.24. The third-order valence-electron chi connectivity index (χ3n) is 3.89. The molecule has 0 saturated heterocycles. The first-order valence-electron chi connectivity index (χ1n) is 7.15. The zero-order chi connectivity index (χ0) is 13.0. The van der Waals surface area contributed by atoms with Gasteiger partial charge in [-0.2, -0.15) is 0 Å². The normalized spacial score (nSPS) is 20.9. The summed E-state index contributed by atoms with van der Waals surface area (Å²) in [6.07, 6.45) is 5.35. The highest BCUT2D eigenvalue weighted by molar-refractivity contribution is 5.22. The molecule has 1 saturated carbocycles. The van der Waals surface area contributed by atoms with Gasteiger partial charge in [0.1, 0.15) is 0 Å². The van der Waals surface area contributed by atoms with E-state index in [9.17, 15) is 5.11 Å². The molecule has 2 nitrogen and oxygen atoms in total. The Hall–Kier alpha value is -0.860. The van der Waals surface area contributed by atoms with Crippen LogP contribution >= 0.6 is 0 Å². The molecule has 1 aliphatic carbocycles. The molecule has 1 aromatic carbocycles. The topological polar surface area (TPSA) is 32.3 Å². The second-order valence-electron chi connectivity index (χ2n) is 5.83. The van der Waals surface area contributed by atoms with Crippen LogP contribution in [0.2, 0.25) is 0 Å². The summed E-state index contributed by atoms with van der Waals surface area (Å²) >= 11 is 0. The zero-order valence-corrected chi connectivity index (χ0v) is 11.5. The minimum absolute atomic E-state index is 0.0546. The van der Waals surface area contributed by atoms with E-state index in [-0.39, 0.29) is 6.04 Å². The molecular formula is C16H25NO. The van der Waals surface area contributed by atoms with Gasteiger partial charge in [0.2, 0.25) is 0 Å². The van der Waals surface area contributed by atoms with Crippen LogP contribution < -0.4 is 5.32 Å². The lowest BCUT2D eigenvalue weighted by molar-refractivity contribution is -0.0339. The van der Waals surface area contributed by atoms with E-state index in [0.29, 0.717) is 6.04 Å². The highest BCUT2D eigenvalue weighted by Crippen LogP contribution is 2.38. The van der Waals surface area contributed by atoms with Crippen molar-refractivity contribution >= 4 is 0 Å². The van der Waals surface area contributed by atoms with Gasteiger partial charge in [-0.15, -0.1) is 0 Å². The SMILES string of the molecule is CC(C)NC(c1ccccc1)C1(O)CCCCC1. The van der Waals surface area contributed by atoms with Crippen molar-refractivity contribution in [2.24, 2.45) is 0 Å². The van der Waals surface area contributed by atoms with Crippen molar-refractivity contribution in [2.45, 2.75) is 63.6 Å². The summed E-state index contributed by atoms with van der Waals surface area (Å²) in [7, 11) is 0. The van der Waals surface area contributed by atoms with Gasteiger partial charge in [-0.05, 0) is 18.4 Å². The number of rotatable bonds is 4. The quantitative estimate of drug-likeness (QED) is 0.854. The van der Waals surface area contributed by atoms with E-state index in [1.807, 2.05) is 6.07 Å². The van der Waals surface area contributed by atoms with E-state index in [2.05, 4.69) is 43.4 Å². The lowest BCUT2D eigenvalue weighted by Crippen LogP contribution is -2.47. The molecule has 0 bridgehead atoms. The Kier molecular flexibility index (Phi) is 4.41. The molecule has 0 aromatic heterocycles. The fourth-order valence-electron chi connectivity index (χ4n) is 2.99. The highest BCUT2D eigenvalue weighted by atomic mass is 16.3. The van der Waals surface area contributed by atoms with Crippen molar-refractivity contribution in [3.63, 3.8) is 0 Å². The van der Waals surface area contributed by atoms with Gasteiger partial charge < -0.3 is 10.4 Å². The number of aliphatic hydroxyl groups is 1. The van der Waals surface area contributed by atoms with Crippen LogP contribution in [0.5, 0.6) is 0 Å². The van der Waals surface area contributed by atoms with Crippen molar-refractivity contribution in [1.29, 1.82) is 0 Å². The smallest absolute Gasteiger partial charge is 0.0841 e. The molecule has 1 aromatic rings. The van der Waals surface area contributed by atoms with E-state index in [0.717, 1.165) is 25.7 Å². The van der Waals surface area contributed by atoms with Crippen molar-refractivity contribution in [3.8, 4) is 0 Å². The van der Waals surface area contributed by atoms with Crippen LogP contribution in [0, 0.1) is 0 Å². The van der Waals surface area contributed by atoms with Gasteiger partial charge in [0.05, 0.1) is 11.6 Å². The van der Waals surface area contributed by atoms with Crippen molar-refractivity contribution in [2.75, 3.05) is 0 Å². The van der Waals surface area contributed by atoms with Crippen LogP contribution in [0.25, 0.3) is 0 Å². The molecule has 0 spiro atoms. The maximum absolute atomic E-state index is 11.0. The molecule has 1 unspecified atom stereocenters. The predicted molar refractivity (Wildman–Crippen MR) is 75.5 cm³/mol. The second-order valence-corrected chi connectivity index (χ2v) is 5.83. The summed E-state index contributed by atoms with van der Waals surface area (Å²) in [6.45, 7) is 4.28. The van der Waals surface area contributed by atoms with Gasteiger partial charge in [0.15, 0.2) is 0 Å². The van der Waals surface area contributed by atoms with Crippen LogP contribution in [-0.2, 0) is 0 Å². The van der Waals surface area contributed by atoms with E-state index in [1.165, 1.54) is 12.0 Å². The van der Waals surface area contributed by atoms with Crippen molar-refractivity contribution in [1.82, 2.24) is 5.32 Å². The van der Waals surface area contributed by atoms with Gasteiger partial charge in [-0.25, -0.2) is 0 Å². The first-order valence-corrected chi connectivity index (χ1v) is 7.15. The molecule has 0 amide bonds. The lowest BCUT2D eigenvalue weighted by Gasteiger charge is -2.41. The van der Waals surface area contributed by atoms with E-state index in [1.54, 1.807) is 0 Å². The lowest BCUT2D eigenvalue weighted by atomic mass is 9.76. The molecule has 18 heavy (non-hydrogen) atoms.